The Hall–Kier alpha value is -0.160. The van der Waals surface area contributed by atoms with E-state index >= 15 is 0 Å². The van der Waals surface area contributed by atoms with Crippen LogP contribution in [0.5, 0.6) is 0 Å². The van der Waals surface area contributed by atoms with E-state index in [1.165, 1.54) is 19.3 Å². The average Bonchev–Trinajstić information content (AvgIpc) is 2.48. The Morgan fingerprint density at radius 1 is 1.21 bits per heavy atom. The number of rotatable bonds is 5. The molecular weight excluding hydrogens is 240 g/mol. The summed E-state index contributed by atoms with van der Waals surface area (Å²) in [6.07, 6.45) is 9.64. The number of nitrogens with one attached hydrogen (secondary N) is 1. The van der Waals surface area contributed by atoms with Gasteiger partial charge >= 0.3 is 0 Å². The predicted octanol–water partition coefficient (Wildman–Crippen LogP) is 1.41. The van der Waals surface area contributed by atoms with Crippen LogP contribution in [-0.4, -0.2) is 43.1 Å². The van der Waals surface area contributed by atoms with Crippen LogP contribution in [0.1, 0.15) is 51.4 Å². The molecule has 0 radical (unpaired) electrons. The van der Waals surface area contributed by atoms with Gasteiger partial charge < -0.3 is 20.9 Å². The van der Waals surface area contributed by atoms with E-state index in [1.807, 2.05) is 0 Å². The van der Waals surface area contributed by atoms with Gasteiger partial charge in [-0.05, 0) is 44.4 Å². The molecule has 0 aromatic rings. The van der Waals surface area contributed by atoms with Crippen LogP contribution in [0.2, 0.25) is 0 Å². The molecule has 2 aliphatic rings. The van der Waals surface area contributed by atoms with Gasteiger partial charge in [0.05, 0.1) is 6.10 Å². The lowest BCUT2D eigenvalue weighted by Crippen LogP contribution is -2.59. The number of aliphatic hydroxyl groups excluding tert-OH is 1. The summed E-state index contributed by atoms with van der Waals surface area (Å²) < 4.78 is 5.45. The molecule has 2 rings (SSSR count). The highest BCUT2D eigenvalue weighted by Crippen LogP contribution is 2.33. The first-order valence-electron chi connectivity index (χ1n) is 7.84. The molecule has 4 nitrogen and oxygen atoms in total. The van der Waals surface area contributed by atoms with Crippen LogP contribution in [0, 0.1) is 5.92 Å². The first-order chi connectivity index (χ1) is 9.23. The van der Waals surface area contributed by atoms with Crippen molar-refractivity contribution in [2.75, 3.05) is 20.3 Å². The third kappa shape index (κ3) is 3.69. The Kier molecular flexibility index (Phi) is 5.63. The quantitative estimate of drug-likeness (QED) is 0.707. The van der Waals surface area contributed by atoms with E-state index in [-0.39, 0.29) is 5.54 Å². The van der Waals surface area contributed by atoms with Crippen LogP contribution >= 0.6 is 0 Å². The normalized spacial score (nSPS) is 40.3. The van der Waals surface area contributed by atoms with Gasteiger partial charge in [-0.3, -0.25) is 0 Å². The van der Waals surface area contributed by atoms with Crippen molar-refractivity contribution in [2.24, 2.45) is 11.7 Å². The standard InChI is InChI=1S/C15H30N2O2/c1-19-13-6-8-15(11-16,9-7-13)17-14-5-3-2-4-12(14)10-18/h12-14,17-18H,2-11,16H2,1H3. The number of methoxy groups -OCH3 is 1. The third-order valence-corrected chi connectivity index (χ3v) is 5.25. The van der Waals surface area contributed by atoms with E-state index in [0.717, 1.165) is 32.1 Å². The summed E-state index contributed by atoms with van der Waals surface area (Å²) in [7, 11) is 1.80. The minimum atomic E-state index is 0.0739. The molecule has 2 unspecified atom stereocenters. The average molecular weight is 270 g/mol. The molecule has 2 saturated carbocycles. The molecule has 2 aliphatic carbocycles. The lowest BCUT2D eigenvalue weighted by Gasteiger charge is -2.45. The zero-order valence-corrected chi connectivity index (χ0v) is 12.2. The number of nitrogens with two attached hydrogens (primary N) is 1. The van der Waals surface area contributed by atoms with Crippen LogP contribution in [0.15, 0.2) is 0 Å². The largest absolute Gasteiger partial charge is 0.396 e. The van der Waals surface area contributed by atoms with Gasteiger partial charge in [-0.1, -0.05) is 12.8 Å². The molecule has 2 fully saturated rings. The van der Waals surface area contributed by atoms with E-state index < -0.39 is 0 Å². The maximum atomic E-state index is 9.54. The van der Waals surface area contributed by atoms with Gasteiger partial charge in [0, 0.05) is 31.8 Å². The Bertz CT molecular complexity index is 265. The topological polar surface area (TPSA) is 67.5 Å². The minimum Gasteiger partial charge on any atom is -0.396 e. The van der Waals surface area contributed by atoms with Crippen LogP contribution in [-0.2, 0) is 4.74 Å². The van der Waals surface area contributed by atoms with Gasteiger partial charge in [-0.25, -0.2) is 0 Å². The first-order valence-corrected chi connectivity index (χ1v) is 7.84. The van der Waals surface area contributed by atoms with Gasteiger partial charge in [-0.2, -0.15) is 0 Å². The fourth-order valence-corrected chi connectivity index (χ4v) is 3.80. The summed E-state index contributed by atoms with van der Waals surface area (Å²) in [4.78, 5) is 0. The lowest BCUT2D eigenvalue weighted by atomic mass is 9.77. The van der Waals surface area contributed by atoms with Gasteiger partial charge in [0.25, 0.3) is 0 Å². The molecule has 2 atom stereocenters. The molecule has 19 heavy (non-hydrogen) atoms. The molecule has 0 spiro atoms. The molecule has 4 N–H and O–H groups in total. The molecule has 4 heteroatoms. The predicted molar refractivity (Wildman–Crippen MR) is 77.0 cm³/mol. The van der Waals surface area contributed by atoms with Crippen molar-refractivity contribution in [2.45, 2.75) is 69.1 Å². The molecule has 0 bridgehead atoms. The van der Waals surface area contributed by atoms with E-state index in [4.69, 9.17) is 10.5 Å². The van der Waals surface area contributed by atoms with Crippen molar-refractivity contribution >= 4 is 0 Å². The van der Waals surface area contributed by atoms with Gasteiger partial charge in [0.2, 0.25) is 0 Å². The highest BCUT2D eigenvalue weighted by molar-refractivity contribution is 4.98. The van der Waals surface area contributed by atoms with E-state index in [9.17, 15) is 5.11 Å². The monoisotopic (exact) mass is 270 g/mol. The third-order valence-electron chi connectivity index (χ3n) is 5.25. The van der Waals surface area contributed by atoms with Crippen LogP contribution in [0.3, 0.4) is 0 Å². The summed E-state index contributed by atoms with van der Waals surface area (Å²) in [6.45, 7) is 0.997. The fraction of sp³-hybridized carbons (Fsp3) is 1.00. The van der Waals surface area contributed by atoms with E-state index in [0.29, 0.717) is 31.2 Å². The Morgan fingerprint density at radius 2 is 1.89 bits per heavy atom. The van der Waals surface area contributed by atoms with E-state index in [1.54, 1.807) is 7.11 Å². The van der Waals surface area contributed by atoms with Gasteiger partial charge in [0.1, 0.15) is 0 Å². The van der Waals surface area contributed by atoms with Crippen molar-refractivity contribution in [3.05, 3.63) is 0 Å². The maximum Gasteiger partial charge on any atom is 0.0572 e. The van der Waals surface area contributed by atoms with Crippen LogP contribution in [0.4, 0.5) is 0 Å². The Morgan fingerprint density at radius 3 is 2.47 bits per heavy atom. The molecule has 0 aromatic heterocycles. The summed E-state index contributed by atoms with van der Waals surface area (Å²) in [5.41, 5.74) is 6.14. The highest BCUT2D eigenvalue weighted by atomic mass is 16.5. The molecule has 0 aromatic carbocycles. The van der Waals surface area contributed by atoms with Crippen LogP contribution < -0.4 is 11.1 Å². The molecule has 112 valence electrons. The second kappa shape index (κ2) is 7.02. The SMILES string of the molecule is COC1CCC(CN)(NC2CCCCC2CO)CC1. The van der Waals surface area contributed by atoms with Crippen molar-refractivity contribution in [1.82, 2.24) is 5.32 Å². The second-order valence-corrected chi connectivity index (χ2v) is 6.40. The van der Waals surface area contributed by atoms with Crippen molar-refractivity contribution in [1.29, 1.82) is 0 Å². The van der Waals surface area contributed by atoms with Gasteiger partial charge in [-0.15, -0.1) is 0 Å². The summed E-state index contributed by atoms with van der Waals surface area (Å²) in [6, 6.07) is 0.446. The maximum absolute atomic E-state index is 9.54. The van der Waals surface area contributed by atoms with Crippen LogP contribution in [0.25, 0.3) is 0 Å². The molecule has 0 saturated heterocycles. The first kappa shape index (κ1) is 15.2. The molecule has 0 heterocycles. The number of ether oxygens (including phenoxy) is 1. The number of hydrogen-bond acceptors (Lipinski definition) is 4. The van der Waals surface area contributed by atoms with Crippen molar-refractivity contribution in [3.8, 4) is 0 Å². The van der Waals surface area contributed by atoms with Gasteiger partial charge in [0.15, 0.2) is 0 Å². The van der Waals surface area contributed by atoms with Crippen molar-refractivity contribution in [3.63, 3.8) is 0 Å². The minimum absolute atomic E-state index is 0.0739. The smallest absolute Gasteiger partial charge is 0.0572 e. The zero-order valence-electron chi connectivity index (χ0n) is 12.2. The number of hydrogen-bond donors (Lipinski definition) is 3. The number of aliphatic hydroxyl groups is 1. The van der Waals surface area contributed by atoms with E-state index in [2.05, 4.69) is 5.32 Å². The summed E-state index contributed by atoms with van der Waals surface area (Å²) >= 11 is 0. The summed E-state index contributed by atoms with van der Waals surface area (Å²) in [5.74, 6) is 0.414. The fourth-order valence-electron chi connectivity index (χ4n) is 3.80. The molecule has 0 aliphatic heterocycles. The van der Waals surface area contributed by atoms with Crippen molar-refractivity contribution < 1.29 is 9.84 Å². The highest BCUT2D eigenvalue weighted by Gasteiger charge is 2.38. The molecule has 0 amide bonds. The second-order valence-electron chi connectivity index (χ2n) is 6.40. The summed E-state index contributed by atoms with van der Waals surface area (Å²) in [5, 5.41) is 13.4. The Balaban J connectivity index is 1.94. The lowest BCUT2D eigenvalue weighted by molar-refractivity contribution is 0.0323. The zero-order chi connectivity index (χ0) is 13.7. The molecular formula is C15H30N2O2. The Labute approximate surface area is 117 Å².